The Morgan fingerprint density at radius 3 is 2.43 bits per heavy atom. The van der Waals surface area contributed by atoms with Gasteiger partial charge in [-0.25, -0.2) is 0 Å². The fourth-order valence-electron chi connectivity index (χ4n) is 2.43. The zero-order valence-corrected chi connectivity index (χ0v) is 13.7. The number of hydrogen-bond acceptors (Lipinski definition) is 3. The highest BCUT2D eigenvalue weighted by Gasteiger charge is 2.26. The van der Waals surface area contributed by atoms with E-state index in [-0.39, 0.29) is 6.54 Å². The zero-order chi connectivity index (χ0) is 17.3. The maximum absolute atomic E-state index is 11.9. The van der Waals surface area contributed by atoms with Crippen LogP contribution >= 0.6 is 0 Å². The van der Waals surface area contributed by atoms with Crippen LogP contribution in [0.25, 0.3) is 0 Å². The van der Waals surface area contributed by atoms with E-state index in [0.717, 1.165) is 12.8 Å². The molecule has 0 saturated carbocycles. The third kappa shape index (κ3) is 6.13. The second-order valence-electron chi connectivity index (χ2n) is 5.59. The van der Waals surface area contributed by atoms with E-state index in [0.29, 0.717) is 24.1 Å². The molecule has 1 aromatic carbocycles. The van der Waals surface area contributed by atoms with Crippen LogP contribution in [0.5, 0.6) is 0 Å². The molecule has 1 aromatic rings. The van der Waals surface area contributed by atoms with Crippen LogP contribution in [0.1, 0.15) is 45.1 Å². The van der Waals surface area contributed by atoms with Gasteiger partial charge in [0.1, 0.15) is 0 Å². The van der Waals surface area contributed by atoms with Crippen molar-refractivity contribution in [3.8, 4) is 12.3 Å². The van der Waals surface area contributed by atoms with Crippen LogP contribution in [0.3, 0.4) is 0 Å². The lowest BCUT2D eigenvalue weighted by atomic mass is 9.92. The Morgan fingerprint density at radius 2 is 1.87 bits per heavy atom. The summed E-state index contributed by atoms with van der Waals surface area (Å²) in [6.45, 7) is 3.99. The van der Waals surface area contributed by atoms with E-state index in [1.807, 2.05) is 13.8 Å². The molecule has 0 aromatic heterocycles. The van der Waals surface area contributed by atoms with Crippen LogP contribution < -0.4 is 10.6 Å². The summed E-state index contributed by atoms with van der Waals surface area (Å²) >= 11 is 0. The summed E-state index contributed by atoms with van der Waals surface area (Å²) in [6, 6.07) is 6.68. The van der Waals surface area contributed by atoms with Crippen LogP contribution in [-0.4, -0.2) is 29.1 Å². The van der Waals surface area contributed by atoms with Crippen LogP contribution in [0.4, 0.5) is 5.69 Å². The number of nitrogens with one attached hydrogen (secondary N) is 2. The van der Waals surface area contributed by atoms with Gasteiger partial charge in [-0.1, -0.05) is 38.7 Å². The van der Waals surface area contributed by atoms with E-state index in [1.165, 1.54) is 0 Å². The van der Waals surface area contributed by atoms with Crippen LogP contribution in [-0.2, 0) is 9.59 Å². The fraction of sp³-hybridized carbons (Fsp3) is 0.444. The molecule has 5 heteroatoms. The number of anilines is 1. The van der Waals surface area contributed by atoms with Gasteiger partial charge in [0, 0.05) is 17.8 Å². The van der Waals surface area contributed by atoms with Gasteiger partial charge in [0.2, 0.25) is 0 Å². The SMILES string of the molecule is C#Cc1cccc(NC(=O)C(=O)NCC(O)(CCC)CCC)c1. The highest BCUT2D eigenvalue weighted by atomic mass is 16.3. The van der Waals surface area contributed by atoms with Gasteiger partial charge in [-0.2, -0.15) is 0 Å². The number of carbonyl (C=O) groups excluding carboxylic acids is 2. The van der Waals surface area contributed by atoms with E-state index >= 15 is 0 Å². The lowest BCUT2D eigenvalue weighted by molar-refractivity contribution is -0.137. The summed E-state index contributed by atoms with van der Waals surface area (Å²) in [5, 5.41) is 15.4. The Bertz CT molecular complexity index is 584. The molecule has 0 bridgehead atoms. The zero-order valence-electron chi connectivity index (χ0n) is 13.7. The molecule has 0 saturated heterocycles. The molecular formula is C18H24N2O3. The van der Waals surface area contributed by atoms with Gasteiger partial charge in [0.05, 0.1) is 5.60 Å². The normalized spacial score (nSPS) is 10.7. The molecule has 1 rings (SSSR count). The topological polar surface area (TPSA) is 78.4 Å². The summed E-state index contributed by atoms with van der Waals surface area (Å²) in [5.41, 5.74) is 0.101. The molecule has 2 amide bonds. The summed E-state index contributed by atoms with van der Waals surface area (Å²) in [5.74, 6) is 0.899. The first-order chi connectivity index (χ1) is 10.9. The van der Waals surface area contributed by atoms with Crippen molar-refractivity contribution in [2.75, 3.05) is 11.9 Å². The molecule has 0 aliphatic rings. The van der Waals surface area contributed by atoms with Gasteiger partial charge in [0.25, 0.3) is 0 Å². The number of hydrogen-bond donors (Lipinski definition) is 3. The quantitative estimate of drug-likeness (QED) is 0.532. The summed E-state index contributed by atoms with van der Waals surface area (Å²) < 4.78 is 0. The predicted octanol–water partition coefficient (Wildman–Crippen LogP) is 2.05. The lowest BCUT2D eigenvalue weighted by Crippen LogP contribution is -2.46. The van der Waals surface area contributed by atoms with E-state index < -0.39 is 17.4 Å². The number of benzene rings is 1. The van der Waals surface area contributed by atoms with E-state index in [2.05, 4.69) is 16.6 Å². The molecule has 0 fully saturated rings. The van der Waals surface area contributed by atoms with Crippen molar-refractivity contribution in [2.24, 2.45) is 0 Å². The van der Waals surface area contributed by atoms with E-state index in [9.17, 15) is 14.7 Å². The maximum Gasteiger partial charge on any atom is 0.313 e. The van der Waals surface area contributed by atoms with Gasteiger partial charge < -0.3 is 15.7 Å². The molecule has 0 spiro atoms. The Morgan fingerprint density at radius 1 is 1.22 bits per heavy atom. The number of terminal acetylenes is 1. The maximum atomic E-state index is 11.9. The number of aliphatic hydroxyl groups is 1. The molecule has 23 heavy (non-hydrogen) atoms. The Labute approximate surface area is 137 Å². The van der Waals surface area contributed by atoms with E-state index in [1.54, 1.807) is 24.3 Å². The van der Waals surface area contributed by atoms with Gasteiger partial charge in [0.15, 0.2) is 0 Å². The molecule has 5 nitrogen and oxygen atoms in total. The number of rotatable bonds is 7. The molecule has 0 aliphatic carbocycles. The minimum absolute atomic E-state index is 0.0608. The van der Waals surface area contributed by atoms with Gasteiger partial charge in [-0.15, -0.1) is 6.42 Å². The van der Waals surface area contributed by atoms with Crippen molar-refractivity contribution in [1.82, 2.24) is 5.32 Å². The molecular weight excluding hydrogens is 292 g/mol. The Balaban J connectivity index is 2.59. The van der Waals surface area contributed by atoms with Crippen molar-refractivity contribution in [2.45, 2.75) is 45.1 Å². The number of amides is 2. The first-order valence-electron chi connectivity index (χ1n) is 7.82. The minimum Gasteiger partial charge on any atom is -0.388 e. The minimum atomic E-state index is -0.969. The van der Waals surface area contributed by atoms with Crippen molar-refractivity contribution >= 4 is 17.5 Å². The highest BCUT2D eigenvalue weighted by Crippen LogP contribution is 2.18. The Hall–Kier alpha value is -2.32. The molecule has 0 aliphatic heterocycles. The first kappa shape index (κ1) is 18.7. The largest absolute Gasteiger partial charge is 0.388 e. The predicted molar refractivity (Wildman–Crippen MR) is 90.8 cm³/mol. The molecule has 124 valence electrons. The van der Waals surface area contributed by atoms with Gasteiger partial charge in [-0.3, -0.25) is 9.59 Å². The van der Waals surface area contributed by atoms with E-state index in [4.69, 9.17) is 6.42 Å². The third-order valence-electron chi connectivity index (χ3n) is 3.50. The number of carbonyl (C=O) groups is 2. The molecule has 0 atom stereocenters. The standard InChI is InChI=1S/C18H24N2O3/c1-4-10-18(23,11-5-2)13-19-16(21)17(22)20-15-9-7-8-14(6-3)12-15/h3,7-9,12,23H,4-5,10-11,13H2,1-2H3,(H,19,21)(H,20,22). The second kappa shape index (κ2) is 8.96. The summed E-state index contributed by atoms with van der Waals surface area (Å²) in [4.78, 5) is 23.8. The smallest absolute Gasteiger partial charge is 0.313 e. The van der Waals surface area contributed by atoms with Gasteiger partial charge in [-0.05, 0) is 31.0 Å². The monoisotopic (exact) mass is 316 g/mol. The fourth-order valence-corrected chi connectivity index (χ4v) is 2.43. The summed E-state index contributed by atoms with van der Waals surface area (Å²) in [7, 11) is 0. The van der Waals surface area contributed by atoms with Crippen LogP contribution in [0.15, 0.2) is 24.3 Å². The summed E-state index contributed by atoms with van der Waals surface area (Å²) in [6.07, 6.45) is 8.05. The average molecular weight is 316 g/mol. The van der Waals surface area contributed by atoms with Gasteiger partial charge >= 0.3 is 11.8 Å². The van der Waals surface area contributed by atoms with Crippen molar-refractivity contribution in [3.63, 3.8) is 0 Å². The highest BCUT2D eigenvalue weighted by molar-refractivity contribution is 6.39. The van der Waals surface area contributed by atoms with Crippen LogP contribution in [0, 0.1) is 12.3 Å². The molecule has 0 unspecified atom stereocenters. The molecule has 3 N–H and O–H groups in total. The Kier molecular flexibility index (Phi) is 7.30. The molecule has 0 radical (unpaired) electrons. The van der Waals surface area contributed by atoms with Crippen molar-refractivity contribution < 1.29 is 14.7 Å². The second-order valence-corrected chi connectivity index (χ2v) is 5.59. The first-order valence-corrected chi connectivity index (χ1v) is 7.82. The van der Waals surface area contributed by atoms with Crippen molar-refractivity contribution in [1.29, 1.82) is 0 Å². The van der Waals surface area contributed by atoms with Crippen molar-refractivity contribution in [3.05, 3.63) is 29.8 Å². The lowest BCUT2D eigenvalue weighted by Gasteiger charge is -2.27. The molecule has 0 heterocycles. The van der Waals surface area contributed by atoms with Crippen LogP contribution in [0.2, 0.25) is 0 Å². The average Bonchev–Trinajstić information content (AvgIpc) is 2.53. The third-order valence-corrected chi connectivity index (χ3v) is 3.50.